The van der Waals surface area contributed by atoms with E-state index in [1.54, 1.807) is 22.2 Å². The van der Waals surface area contributed by atoms with Crippen LogP contribution in [-0.4, -0.2) is 20.7 Å². The molecule has 3 aromatic rings. The summed E-state index contributed by atoms with van der Waals surface area (Å²) in [5.74, 6) is -0.0169. The Morgan fingerprint density at radius 1 is 1.11 bits per heavy atom. The normalized spacial score (nSPS) is 11.3. The highest BCUT2D eigenvalue weighted by molar-refractivity contribution is 5.92. The molecule has 27 heavy (non-hydrogen) atoms. The number of aryl methyl sites for hydroxylation is 4. The molecule has 0 fully saturated rings. The maximum absolute atomic E-state index is 13.3. The zero-order chi connectivity index (χ0) is 19.7. The van der Waals surface area contributed by atoms with Gasteiger partial charge in [0.15, 0.2) is 0 Å². The third-order valence-corrected chi connectivity index (χ3v) is 4.61. The van der Waals surface area contributed by atoms with Crippen LogP contribution in [0.1, 0.15) is 28.1 Å². The minimum Gasteiger partial charge on any atom is -0.288 e. The fourth-order valence-corrected chi connectivity index (χ4v) is 3.27. The van der Waals surface area contributed by atoms with Crippen molar-refractivity contribution in [2.75, 3.05) is 0 Å². The van der Waals surface area contributed by atoms with E-state index in [2.05, 4.69) is 4.98 Å². The molecule has 0 bridgehead atoms. The van der Waals surface area contributed by atoms with E-state index in [0.717, 1.165) is 22.4 Å². The molecule has 2 N–H and O–H groups in total. The first kappa shape index (κ1) is 18.5. The molecule has 1 aromatic heterocycles. The average Bonchev–Trinajstić information content (AvgIpc) is 2.62. The van der Waals surface area contributed by atoms with Crippen molar-refractivity contribution in [2.24, 2.45) is 0 Å². The number of fused-ring (bicyclic) bond motifs is 1. The summed E-state index contributed by atoms with van der Waals surface area (Å²) in [7, 11) is 0. The predicted molar refractivity (Wildman–Crippen MR) is 105 cm³/mol. The highest BCUT2D eigenvalue weighted by atomic mass is 16.5. The number of carbonyl (C=O) groups is 1. The number of amides is 1. The third-order valence-electron chi connectivity index (χ3n) is 4.61. The van der Waals surface area contributed by atoms with Crippen molar-refractivity contribution in [3.05, 3.63) is 74.8 Å². The SMILES string of the molecule is Cc1cc2nc(C)n(-c3c(C)cccc3C)c(=O)c2cc1/C=C/C(=O)NO. The molecule has 2 aromatic carbocycles. The highest BCUT2D eigenvalue weighted by Gasteiger charge is 2.14. The van der Waals surface area contributed by atoms with Crippen molar-refractivity contribution in [1.29, 1.82) is 0 Å². The summed E-state index contributed by atoms with van der Waals surface area (Å²) in [5.41, 5.74) is 6.42. The van der Waals surface area contributed by atoms with E-state index in [1.165, 1.54) is 6.08 Å². The van der Waals surface area contributed by atoms with Crippen LogP contribution in [0, 0.1) is 27.7 Å². The van der Waals surface area contributed by atoms with Gasteiger partial charge in [0, 0.05) is 6.08 Å². The molecule has 0 aliphatic rings. The lowest BCUT2D eigenvalue weighted by molar-refractivity contribution is -0.124. The van der Waals surface area contributed by atoms with Crippen LogP contribution in [0.25, 0.3) is 22.7 Å². The quantitative estimate of drug-likeness (QED) is 0.425. The summed E-state index contributed by atoms with van der Waals surface area (Å²) in [6, 6.07) is 9.45. The first-order chi connectivity index (χ1) is 12.8. The molecule has 1 heterocycles. The van der Waals surface area contributed by atoms with Gasteiger partial charge in [0.05, 0.1) is 16.6 Å². The van der Waals surface area contributed by atoms with Gasteiger partial charge in [0.2, 0.25) is 0 Å². The van der Waals surface area contributed by atoms with E-state index in [4.69, 9.17) is 5.21 Å². The minimum absolute atomic E-state index is 0.156. The van der Waals surface area contributed by atoms with Crippen LogP contribution in [0.2, 0.25) is 0 Å². The maximum Gasteiger partial charge on any atom is 0.267 e. The molecule has 0 spiro atoms. The number of hydrogen-bond acceptors (Lipinski definition) is 4. The van der Waals surface area contributed by atoms with Crippen LogP contribution in [-0.2, 0) is 4.79 Å². The van der Waals surface area contributed by atoms with Crippen LogP contribution in [0.5, 0.6) is 0 Å². The van der Waals surface area contributed by atoms with Crippen molar-refractivity contribution < 1.29 is 10.0 Å². The van der Waals surface area contributed by atoms with Gasteiger partial charge in [-0.25, -0.2) is 10.5 Å². The number of aromatic nitrogens is 2. The van der Waals surface area contributed by atoms with Crippen LogP contribution in [0.4, 0.5) is 0 Å². The second kappa shape index (κ2) is 7.17. The number of rotatable bonds is 3. The van der Waals surface area contributed by atoms with Crippen LogP contribution in [0.3, 0.4) is 0 Å². The predicted octanol–water partition coefficient (Wildman–Crippen LogP) is 3.14. The van der Waals surface area contributed by atoms with Crippen molar-refractivity contribution in [3.63, 3.8) is 0 Å². The molecule has 3 rings (SSSR count). The second-order valence-electron chi connectivity index (χ2n) is 6.58. The van der Waals surface area contributed by atoms with Gasteiger partial charge >= 0.3 is 0 Å². The summed E-state index contributed by atoms with van der Waals surface area (Å²) in [6.07, 6.45) is 2.77. The number of nitrogens with one attached hydrogen (secondary N) is 1. The molecule has 0 radical (unpaired) electrons. The largest absolute Gasteiger partial charge is 0.288 e. The van der Waals surface area contributed by atoms with Crippen molar-refractivity contribution in [2.45, 2.75) is 27.7 Å². The Labute approximate surface area is 156 Å². The van der Waals surface area contributed by atoms with Gasteiger partial charge in [0.1, 0.15) is 5.82 Å². The molecule has 6 nitrogen and oxygen atoms in total. The summed E-state index contributed by atoms with van der Waals surface area (Å²) < 4.78 is 1.64. The number of benzene rings is 2. The van der Waals surface area contributed by atoms with Gasteiger partial charge in [-0.2, -0.15) is 0 Å². The van der Waals surface area contributed by atoms with E-state index in [0.29, 0.717) is 22.3 Å². The molecule has 0 atom stereocenters. The molecule has 0 saturated carbocycles. The molecule has 6 heteroatoms. The first-order valence-corrected chi connectivity index (χ1v) is 8.56. The van der Waals surface area contributed by atoms with Crippen molar-refractivity contribution in [3.8, 4) is 5.69 Å². The van der Waals surface area contributed by atoms with Crippen LogP contribution in [0.15, 0.2) is 41.2 Å². The van der Waals surface area contributed by atoms with E-state index >= 15 is 0 Å². The van der Waals surface area contributed by atoms with Gasteiger partial charge in [-0.05, 0) is 68.2 Å². The Hall–Kier alpha value is -3.25. The Morgan fingerprint density at radius 3 is 2.41 bits per heavy atom. The van der Waals surface area contributed by atoms with Gasteiger partial charge in [-0.1, -0.05) is 18.2 Å². The summed E-state index contributed by atoms with van der Waals surface area (Å²) in [6.45, 7) is 7.63. The fourth-order valence-electron chi connectivity index (χ4n) is 3.27. The first-order valence-electron chi connectivity index (χ1n) is 8.56. The monoisotopic (exact) mass is 363 g/mol. The Kier molecular flexibility index (Phi) is 4.92. The maximum atomic E-state index is 13.3. The third kappa shape index (κ3) is 3.39. The van der Waals surface area contributed by atoms with Gasteiger partial charge in [-0.15, -0.1) is 0 Å². The molecule has 138 valence electrons. The Bertz CT molecular complexity index is 1120. The van der Waals surface area contributed by atoms with Gasteiger partial charge in [0.25, 0.3) is 11.5 Å². The fraction of sp³-hybridized carbons (Fsp3) is 0.190. The van der Waals surface area contributed by atoms with Crippen LogP contribution < -0.4 is 11.0 Å². The molecule has 1 amide bonds. The number of para-hydroxylation sites is 1. The highest BCUT2D eigenvalue weighted by Crippen LogP contribution is 2.22. The molecule has 0 aliphatic carbocycles. The standard InChI is InChI=1S/C21H21N3O3/c1-12-6-5-7-13(2)20(12)24-15(4)22-18-10-14(3)16(8-9-19(25)23-27)11-17(18)21(24)26/h5-11,27H,1-4H3,(H,23,25)/b9-8+. The van der Waals surface area contributed by atoms with E-state index in [9.17, 15) is 9.59 Å². The lowest BCUT2D eigenvalue weighted by Gasteiger charge is -2.16. The smallest absolute Gasteiger partial charge is 0.267 e. The van der Waals surface area contributed by atoms with E-state index in [-0.39, 0.29) is 5.56 Å². The summed E-state index contributed by atoms with van der Waals surface area (Å²) >= 11 is 0. The Balaban J connectivity index is 2.30. The molecule has 0 unspecified atom stereocenters. The zero-order valence-corrected chi connectivity index (χ0v) is 15.7. The molecule has 0 aliphatic heterocycles. The van der Waals surface area contributed by atoms with Crippen molar-refractivity contribution >= 4 is 22.9 Å². The lowest BCUT2D eigenvalue weighted by atomic mass is 10.0. The van der Waals surface area contributed by atoms with Gasteiger partial charge in [-0.3, -0.25) is 19.4 Å². The number of nitrogens with zero attached hydrogens (tertiary/aromatic N) is 2. The number of hydrogen-bond donors (Lipinski definition) is 2. The van der Waals surface area contributed by atoms with Crippen molar-refractivity contribution in [1.82, 2.24) is 15.0 Å². The van der Waals surface area contributed by atoms with Crippen LogP contribution >= 0.6 is 0 Å². The second-order valence-corrected chi connectivity index (χ2v) is 6.58. The number of carbonyl (C=O) groups excluding carboxylic acids is 1. The summed E-state index contributed by atoms with van der Waals surface area (Å²) in [4.78, 5) is 29.2. The average molecular weight is 363 g/mol. The zero-order valence-electron chi connectivity index (χ0n) is 15.7. The Morgan fingerprint density at radius 2 is 1.78 bits per heavy atom. The molecule has 0 saturated heterocycles. The minimum atomic E-state index is -0.635. The number of hydroxylamine groups is 1. The van der Waals surface area contributed by atoms with E-state index < -0.39 is 5.91 Å². The summed E-state index contributed by atoms with van der Waals surface area (Å²) in [5, 5.41) is 9.10. The van der Waals surface area contributed by atoms with Gasteiger partial charge < -0.3 is 0 Å². The topological polar surface area (TPSA) is 84.2 Å². The molecular weight excluding hydrogens is 342 g/mol. The lowest BCUT2D eigenvalue weighted by Crippen LogP contribution is -2.24. The molecular formula is C21H21N3O3. The van der Waals surface area contributed by atoms with E-state index in [1.807, 2.05) is 52.0 Å².